The predicted molar refractivity (Wildman–Crippen MR) is 79.4 cm³/mol. The molecule has 1 saturated heterocycles. The minimum atomic E-state index is 0.0243. The summed E-state index contributed by atoms with van der Waals surface area (Å²) >= 11 is 0. The van der Waals surface area contributed by atoms with Gasteiger partial charge in [0.25, 0.3) is 5.91 Å². The van der Waals surface area contributed by atoms with Gasteiger partial charge in [-0.05, 0) is 26.0 Å². The average Bonchev–Trinajstić information content (AvgIpc) is 2.74. The number of aromatic nitrogens is 2. The fourth-order valence-corrected chi connectivity index (χ4v) is 2.49. The van der Waals surface area contributed by atoms with Gasteiger partial charge in [-0.1, -0.05) is 17.7 Å². The number of hydrogen-bond donors (Lipinski definition) is 0. The Morgan fingerprint density at radius 1 is 1.24 bits per heavy atom. The van der Waals surface area contributed by atoms with E-state index in [2.05, 4.69) is 4.98 Å². The van der Waals surface area contributed by atoms with Crippen LogP contribution >= 0.6 is 0 Å². The van der Waals surface area contributed by atoms with Crippen LogP contribution in [0.4, 0.5) is 0 Å². The normalized spacial score (nSPS) is 14.9. The summed E-state index contributed by atoms with van der Waals surface area (Å²) in [6, 6.07) is 7.97. The second-order valence-corrected chi connectivity index (χ2v) is 5.55. The van der Waals surface area contributed by atoms with Crippen molar-refractivity contribution in [2.45, 2.75) is 20.0 Å². The maximum absolute atomic E-state index is 12.4. The topological polar surface area (TPSA) is 47.4 Å². The van der Waals surface area contributed by atoms with Gasteiger partial charge in [0.05, 0.1) is 25.1 Å². The van der Waals surface area contributed by atoms with E-state index in [0.29, 0.717) is 18.8 Å². The molecule has 0 spiro atoms. The highest BCUT2D eigenvalue weighted by atomic mass is 16.5. The zero-order chi connectivity index (χ0) is 15.0. The highest BCUT2D eigenvalue weighted by Crippen LogP contribution is 2.21. The van der Waals surface area contributed by atoms with Crippen LogP contribution < -0.4 is 4.74 Å². The van der Waals surface area contributed by atoms with Gasteiger partial charge in [-0.25, -0.2) is 4.98 Å². The number of aryl methyl sites for hydroxylation is 3. The fraction of sp³-hybridized carbons (Fsp3) is 0.375. The van der Waals surface area contributed by atoms with E-state index in [9.17, 15) is 4.79 Å². The smallest absolute Gasteiger partial charge is 0.272 e. The van der Waals surface area contributed by atoms with Crippen molar-refractivity contribution < 1.29 is 9.53 Å². The van der Waals surface area contributed by atoms with E-state index in [1.54, 1.807) is 15.8 Å². The van der Waals surface area contributed by atoms with Gasteiger partial charge in [-0.3, -0.25) is 4.79 Å². The summed E-state index contributed by atoms with van der Waals surface area (Å²) in [4.78, 5) is 18.3. The van der Waals surface area contributed by atoms with Crippen LogP contribution in [0.3, 0.4) is 0 Å². The summed E-state index contributed by atoms with van der Waals surface area (Å²) in [6.07, 6.45) is 1.74. The Hall–Kier alpha value is -2.30. The maximum Gasteiger partial charge on any atom is 0.272 e. The molecule has 0 atom stereocenters. The molecule has 0 bridgehead atoms. The van der Waals surface area contributed by atoms with Crippen LogP contribution in [0.5, 0.6) is 5.75 Å². The highest BCUT2D eigenvalue weighted by Gasteiger charge is 2.34. The first-order valence-electron chi connectivity index (χ1n) is 7.05. The molecular formula is C16H19N3O2. The van der Waals surface area contributed by atoms with Crippen LogP contribution in [0.2, 0.25) is 0 Å². The third kappa shape index (κ3) is 2.63. The monoisotopic (exact) mass is 285 g/mol. The standard InChI is InChI=1S/C16H19N3O2/c1-11-4-6-13(7-5-11)21-14-8-19(9-14)16(20)15-12(2)17-10-18(15)3/h4-7,10,14H,8-9H2,1-3H3. The minimum absolute atomic E-state index is 0.0243. The van der Waals surface area contributed by atoms with Gasteiger partial charge in [0.1, 0.15) is 17.5 Å². The van der Waals surface area contributed by atoms with Gasteiger partial charge in [-0.15, -0.1) is 0 Å². The molecule has 21 heavy (non-hydrogen) atoms. The SMILES string of the molecule is Cc1ccc(OC2CN(C(=O)c3c(C)ncn3C)C2)cc1. The first-order chi connectivity index (χ1) is 10.0. The van der Waals surface area contributed by atoms with Crippen molar-refractivity contribution in [1.29, 1.82) is 0 Å². The van der Waals surface area contributed by atoms with Crippen molar-refractivity contribution in [3.63, 3.8) is 0 Å². The molecule has 1 fully saturated rings. The molecule has 0 unspecified atom stereocenters. The van der Waals surface area contributed by atoms with Crippen LogP contribution in [0.1, 0.15) is 21.7 Å². The summed E-state index contributed by atoms with van der Waals surface area (Å²) in [6.45, 7) is 5.14. The largest absolute Gasteiger partial charge is 0.487 e. The third-order valence-corrected chi connectivity index (χ3v) is 3.78. The number of imidazole rings is 1. The number of hydrogen-bond acceptors (Lipinski definition) is 3. The van der Waals surface area contributed by atoms with Gasteiger partial charge in [0.2, 0.25) is 0 Å². The number of rotatable bonds is 3. The van der Waals surface area contributed by atoms with Crippen molar-refractivity contribution in [1.82, 2.24) is 14.5 Å². The number of benzene rings is 1. The van der Waals surface area contributed by atoms with E-state index in [1.807, 2.05) is 45.2 Å². The molecule has 110 valence electrons. The number of ether oxygens (including phenoxy) is 1. The van der Waals surface area contributed by atoms with E-state index < -0.39 is 0 Å². The van der Waals surface area contributed by atoms with Crippen LogP contribution in [0.25, 0.3) is 0 Å². The molecule has 2 aromatic rings. The summed E-state index contributed by atoms with van der Waals surface area (Å²) in [5.74, 6) is 0.880. The predicted octanol–water partition coefficient (Wildman–Crippen LogP) is 1.94. The molecule has 0 aliphatic carbocycles. The zero-order valence-corrected chi connectivity index (χ0v) is 12.5. The average molecular weight is 285 g/mol. The van der Waals surface area contributed by atoms with Crippen molar-refractivity contribution in [2.75, 3.05) is 13.1 Å². The molecular weight excluding hydrogens is 266 g/mol. The highest BCUT2D eigenvalue weighted by molar-refractivity contribution is 5.94. The number of nitrogens with zero attached hydrogens (tertiary/aromatic N) is 3. The Bertz CT molecular complexity index is 635. The molecule has 1 amide bonds. The molecule has 0 saturated carbocycles. The lowest BCUT2D eigenvalue weighted by atomic mass is 10.1. The molecule has 1 aliphatic rings. The summed E-state index contributed by atoms with van der Waals surface area (Å²) < 4.78 is 7.62. The molecule has 0 radical (unpaired) electrons. The molecule has 1 aliphatic heterocycles. The third-order valence-electron chi connectivity index (χ3n) is 3.78. The lowest BCUT2D eigenvalue weighted by molar-refractivity contribution is 0.0170. The molecule has 2 heterocycles. The first kappa shape index (κ1) is 13.7. The first-order valence-corrected chi connectivity index (χ1v) is 7.05. The summed E-state index contributed by atoms with van der Waals surface area (Å²) in [5, 5.41) is 0. The second-order valence-electron chi connectivity index (χ2n) is 5.55. The summed E-state index contributed by atoms with van der Waals surface area (Å²) in [7, 11) is 1.84. The lowest BCUT2D eigenvalue weighted by Gasteiger charge is -2.39. The number of likely N-dealkylation sites (tertiary alicyclic amines) is 1. The van der Waals surface area contributed by atoms with Gasteiger partial charge in [-0.2, -0.15) is 0 Å². The van der Waals surface area contributed by atoms with E-state index in [-0.39, 0.29) is 12.0 Å². The van der Waals surface area contributed by atoms with Crippen LogP contribution in [-0.4, -0.2) is 39.6 Å². The van der Waals surface area contributed by atoms with Crippen molar-refractivity contribution in [2.24, 2.45) is 7.05 Å². The Balaban J connectivity index is 1.58. The number of carbonyl (C=O) groups is 1. The lowest BCUT2D eigenvalue weighted by Crippen LogP contribution is -2.56. The van der Waals surface area contributed by atoms with Crippen molar-refractivity contribution >= 4 is 5.91 Å². The summed E-state index contributed by atoms with van der Waals surface area (Å²) in [5.41, 5.74) is 2.63. The minimum Gasteiger partial charge on any atom is -0.487 e. The van der Waals surface area contributed by atoms with E-state index in [4.69, 9.17) is 4.74 Å². The van der Waals surface area contributed by atoms with Gasteiger partial charge < -0.3 is 14.2 Å². The van der Waals surface area contributed by atoms with E-state index in [0.717, 1.165) is 11.4 Å². The molecule has 0 N–H and O–H groups in total. The van der Waals surface area contributed by atoms with Gasteiger partial charge >= 0.3 is 0 Å². The molecule has 1 aromatic carbocycles. The van der Waals surface area contributed by atoms with Gasteiger partial charge in [0, 0.05) is 7.05 Å². The van der Waals surface area contributed by atoms with Crippen LogP contribution in [0.15, 0.2) is 30.6 Å². The second kappa shape index (κ2) is 5.24. The van der Waals surface area contributed by atoms with Crippen LogP contribution in [-0.2, 0) is 7.05 Å². The Kier molecular flexibility index (Phi) is 3.41. The molecule has 1 aromatic heterocycles. The number of amides is 1. The Morgan fingerprint density at radius 2 is 1.90 bits per heavy atom. The van der Waals surface area contributed by atoms with Crippen molar-refractivity contribution in [3.8, 4) is 5.75 Å². The Labute approximate surface area is 124 Å². The number of carbonyl (C=O) groups excluding carboxylic acids is 1. The Morgan fingerprint density at radius 3 is 2.48 bits per heavy atom. The quantitative estimate of drug-likeness (QED) is 0.866. The van der Waals surface area contributed by atoms with Crippen molar-refractivity contribution in [3.05, 3.63) is 47.5 Å². The fourth-order valence-electron chi connectivity index (χ4n) is 2.49. The molecule has 5 nitrogen and oxygen atoms in total. The van der Waals surface area contributed by atoms with E-state index >= 15 is 0 Å². The molecule has 3 rings (SSSR count). The van der Waals surface area contributed by atoms with Gasteiger partial charge in [0.15, 0.2) is 0 Å². The molecule has 5 heteroatoms. The maximum atomic E-state index is 12.4. The van der Waals surface area contributed by atoms with Crippen LogP contribution in [0, 0.1) is 13.8 Å². The van der Waals surface area contributed by atoms with E-state index in [1.165, 1.54) is 5.56 Å². The zero-order valence-electron chi connectivity index (χ0n) is 12.5.